The quantitative estimate of drug-likeness (QED) is 0.751. The molecular weight excluding hydrogens is 230 g/mol. The Labute approximate surface area is 83.7 Å². The van der Waals surface area contributed by atoms with Gasteiger partial charge in [-0.05, 0) is 40.5 Å². The number of fused-ring (bicyclic) bond motifs is 1. The maximum atomic E-state index is 11.6. The molecule has 0 radical (unpaired) electrons. The Morgan fingerprint density at radius 3 is 2.92 bits per heavy atom. The van der Waals surface area contributed by atoms with Crippen LogP contribution in [0.1, 0.15) is 5.56 Å². The minimum Gasteiger partial charge on any atom is -0.360 e. The highest BCUT2D eigenvalue weighted by molar-refractivity contribution is 9.10. The van der Waals surface area contributed by atoms with Gasteiger partial charge in [-0.2, -0.15) is 0 Å². The van der Waals surface area contributed by atoms with Crippen LogP contribution in [0.4, 0.5) is 0 Å². The van der Waals surface area contributed by atoms with E-state index in [1.54, 1.807) is 6.20 Å². The third-order valence-corrected chi connectivity index (χ3v) is 2.58. The van der Waals surface area contributed by atoms with E-state index in [0.717, 1.165) is 16.5 Å². The highest BCUT2D eigenvalue weighted by atomic mass is 79.9. The van der Waals surface area contributed by atoms with Crippen LogP contribution in [0.3, 0.4) is 0 Å². The molecule has 0 amide bonds. The molecule has 0 spiro atoms. The second-order valence-electron chi connectivity index (χ2n) is 3.01. The first-order chi connectivity index (χ1) is 6.18. The van der Waals surface area contributed by atoms with Crippen LogP contribution in [0.2, 0.25) is 0 Å². The fraction of sp³-hybridized carbons (Fsp3) is 0.100. The zero-order valence-corrected chi connectivity index (χ0v) is 8.68. The zero-order chi connectivity index (χ0) is 9.42. The summed E-state index contributed by atoms with van der Waals surface area (Å²) >= 11 is 3.19. The predicted molar refractivity (Wildman–Crippen MR) is 57.0 cm³/mol. The number of halogens is 1. The fourth-order valence-electron chi connectivity index (χ4n) is 1.31. The average Bonchev–Trinajstić information content (AvgIpc) is 2.12. The molecule has 1 aromatic carbocycles. The molecule has 2 nitrogen and oxygen atoms in total. The number of rotatable bonds is 0. The van der Waals surface area contributed by atoms with Gasteiger partial charge in [-0.1, -0.05) is 6.07 Å². The molecule has 0 aliphatic heterocycles. The van der Waals surface area contributed by atoms with E-state index in [2.05, 4.69) is 20.9 Å². The summed E-state index contributed by atoms with van der Waals surface area (Å²) in [5.74, 6) is 0. The second kappa shape index (κ2) is 3.00. The number of hydrogen-bond acceptors (Lipinski definition) is 1. The van der Waals surface area contributed by atoms with Gasteiger partial charge in [0.2, 0.25) is 5.43 Å². The number of pyridine rings is 1. The van der Waals surface area contributed by atoms with Crippen molar-refractivity contribution in [3.63, 3.8) is 0 Å². The van der Waals surface area contributed by atoms with E-state index < -0.39 is 0 Å². The molecule has 0 bridgehead atoms. The zero-order valence-electron chi connectivity index (χ0n) is 7.10. The summed E-state index contributed by atoms with van der Waals surface area (Å²) in [5.41, 5.74) is 2.06. The Morgan fingerprint density at radius 2 is 2.15 bits per heavy atom. The Hall–Kier alpha value is -1.09. The van der Waals surface area contributed by atoms with E-state index in [9.17, 15) is 4.79 Å². The second-order valence-corrected chi connectivity index (χ2v) is 3.87. The monoisotopic (exact) mass is 237 g/mol. The van der Waals surface area contributed by atoms with Gasteiger partial charge in [-0.25, -0.2) is 0 Å². The molecule has 0 unspecified atom stereocenters. The molecule has 66 valence electrons. The number of hydrogen-bond donors (Lipinski definition) is 1. The van der Waals surface area contributed by atoms with Gasteiger partial charge in [0, 0.05) is 17.1 Å². The van der Waals surface area contributed by atoms with Crippen molar-refractivity contribution < 1.29 is 0 Å². The van der Waals surface area contributed by atoms with E-state index in [4.69, 9.17) is 0 Å². The van der Waals surface area contributed by atoms with E-state index >= 15 is 0 Å². The summed E-state index contributed by atoms with van der Waals surface area (Å²) in [7, 11) is 0. The lowest BCUT2D eigenvalue weighted by atomic mass is 10.1. The number of H-pyrrole nitrogens is 1. The summed E-state index contributed by atoms with van der Waals surface area (Å²) in [6, 6.07) is 5.74. The first-order valence-corrected chi connectivity index (χ1v) is 4.75. The molecule has 0 saturated carbocycles. The number of aryl methyl sites for hydroxylation is 1. The normalized spacial score (nSPS) is 10.6. The highest BCUT2D eigenvalue weighted by Crippen LogP contribution is 2.12. The van der Waals surface area contributed by atoms with Crippen LogP contribution in [0, 0.1) is 6.92 Å². The van der Waals surface area contributed by atoms with Crippen molar-refractivity contribution >= 4 is 26.8 Å². The van der Waals surface area contributed by atoms with Crippen LogP contribution in [-0.4, -0.2) is 4.98 Å². The SMILES string of the molecule is Cc1ccc2c(=O)c(Br)c[nH]c2c1. The maximum Gasteiger partial charge on any atom is 0.203 e. The van der Waals surface area contributed by atoms with Crippen LogP contribution >= 0.6 is 15.9 Å². The van der Waals surface area contributed by atoms with Crippen molar-refractivity contribution in [3.8, 4) is 0 Å². The Morgan fingerprint density at radius 1 is 1.38 bits per heavy atom. The summed E-state index contributed by atoms with van der Waals surface area (Å²) < 4.78 is 0.573. The lowest BCUT2D eigenvalue weighted by Crippen LogP contribution is -2.03. The Kier molecular flexibility index (Phi) is 1.96. The molecule has 13 heavy (non-hydrogen) atoms. The van der Waals surface area contributed by atoms with Crippen molar-refractivity contribution in [2.45, 2.75) is 6.92 Å². The smallest absolute Gasteiger partial charge is 0.203 e. The van der Waals surface area contributed by atoms with Crippen molar-refractivity contribution in [2.24, 2.45) is 0 Å². The first-order valence-electron chi connectivity index (χ1n) is 3.96. The molecule has 2 rings (SSSR count). The van der Waals surface area contributed by atoms with Crippen LogP contribution in [0.15, 0.2) is 33.7 Å². The van der Waals surface area contributed by atoms with Gasteiger partial charge in [0.1, 0.15) is 0 Å². The summed E-state index contributed by atoms with van der Waals surface area (Å²) in [5, 5.41) is 0.722. The largest absolute Gasteiger partial charge is 0.360 e. The van der Waals surface area contributed by atoms with Gasteiger partial charge in [0.05, 0.1) is 4.47 Å². The number of aromatic nitrogens is 1. The fourth-order valence-corrected chi connectivity index (χ4v) is 1.64. The third-order valence-electron chi connectivity index (χ3n) is 1.99. The molecule has 0 fully saturated rings. The number of nitrogens with one attached hydrogen (secondary N) is 1. The summed E-state index contributed by atoms with van der Waals surface area (Å²) in [6.45, 7) is 2.00. The summed E-state index contributed by atoms with van der Waals surface area (Å²) in [6.07, 6.45) is 1.67. The minimum atomic E-state index is 0.0359. The van der Waals surface area contributed by atoms with Gasteiger partial charge in [0.25, 0.3) is 0 Å². The average molecular weight is 238 g/mol. The van der Waals surface area contributed by atoms with E-state index in [1.165, 1.54) is 0 Å². The van der Waals surface area contributed by atoms with Crippen molar-refractivity contribution in [1.82, 2.24) is 4.98 Å². The van der Waals surface area contributed by atoms with Crippen LogP contribution in [0.5, 0.6) is 0 Å². The maximum absolute atomic E-state index is 11.6. The molecule has 2 aromatic rings. The van der Waals surface area contributed by atoms with Crippen LogP contribution in [-0.2, 0) is 0 Å². The van der Waals surface area contributed by atoms with Gasteiger partial charge in [0.15, 0.2) is 0 Å². The standard InChI is InChI=1S/C10H8BrNO/c1-6-2-3-7-9(4-6)12-5-8(11)10(7)13/h2-5H,1H3,(H,12,13). The topological polar surface area (TPSA) is 32.9 Å². The summed E-state index contributed by atoms with van der Waals surface area (Å²) in [4.78, 5) is 14.6. The molecular formula is C10H8BrNO. The predicted octanol–water partition coefficient (Wildman–Crippen LogP) is 2.60. The van der Waals surface area contributed by atoms with Crippen LogP contribution in [0.25, 0.3) is 10.9 Å². The van der Waals surface area contributed by atoms with E-state index in [1.807, 2.05) is 25.1 Å². The number of benzene rings is 1. The van der Waals surface area contributed by atoms with Gasteiger partial charge < -0.3 is 4.98 Å². The van der Waals surface area contributed by atoms with Crippen molar-refractivity contribution in [1.29, 1.82) is 0 Å². The minimum absolute atomic E-state index is 0.0359. The van der Waals surface area contributed by atoms with E-state index in [0.29, 0.717) is 4.47 Å². The molecule has 1 heterocycles. The first kappa shape index (κ1) is 8.51. The van der Waals surface area contributed by atoms with Gasteiger partial charge >= 0.3 is 0 Å². The van der Waals surface area contributed by atoms with E-state index in [-0.39, 0.29) is 5.43 Å². The van der Waals surface area contributed by atoms with Gasteiger partial charge in [-0.15, -0.1) is 0 Å². The third kappa shape index (κ3) is 1.40. The highest BCUT2D eigenvalue weighted by Gasteiger charge is 2.01. The lowest BCUT2D eigenvalue weighted by molar-refractivity contribution is 1.35. The molecule has 0 saturated heterocycles. The van der Waals surface area contributed by atoms with Gasteiger partial charge in [-0.3, -0.25) is 4.79 Å². The molecule has 1 aromatic heterocycles. The molecule has 0 aliphatic rings. The number of aromatic amines is 1. The van der Waals surface area contributed by atoms with Crippen LogP contribution < -0.4 is 5.43 Å². The molecule has 0 aliphatic carbocycles. The van der Waals surface area contributed by atoms with Crippen molar-refractivity contribution in [3.05, 3.63) is 44.7 Å². The van der Waals surface area contributed by atoms with Crippen molar-refractivity contribution in [2.75, 3.05) is 0 Å². The Bertz CT molecular complexity index is 516. The molecule has 0 atom stereocenters. The lowest BCUT2D eigenvalue weighted by Gasteiger charge is -1.99. The molecule has 3 heteroatoms. The molecule has 1 N–H and O–H groups in total. The Balaban J connectivity index is 2.95.